The molecule has 0 saturated carbocycles. The van der Waals surface area contributed by atoms with E-state index in [0.29, 0.717) is 5.56 Å². The van der Waals surface area contributed by atoms with Gasteiger partial charge < -0.3 is 10.4 Å². The minimum Gasteiger partial charge on any atom is -0.395 e. The molecule has 1 aromatic rings. The molecule has 2 N–H and O–H groups in total. The van der Waals surface area contributed by atoms with Gasteiger partial charge in [0.1, 0.15) is 0 Å². The molecular weight excluding hydrogens is 194 g/mol. The summed E-state index contributed by atoms with van der Waals surface area (Å²) in [5.74, 6) is -0.226. The molecule has 0 atom stereocenters. The molecule has 1 rings (SSSR count). The Morgan fingerprint density at radius 3 is 3.07 bits per heavy atom. The molecule has 5 heteroatoms. The predicted molar refractivity (Wildman–Crippen MR) is 55.4 cm³/mol. The van der Waals surface area contributed by atoms with Crippen LogP contribution in [0.25, 0.3) is 0 Å². The van der Waals surface area contributed by atoms with E-state index in [9.17, 15) is 4.79 Å². The Morgan fingerprint density at radius 2 is 2.40 bits per heavy atom. The van der Waals surface area contributed by atoms with Gasteiger partial charge >= 0.3 is 0 Å². The van der Waals surface area contributed by atoms with Crippen LogP contribution in [-0.4, -0.2) is 34.4 Å². The van der Waals surface area contributed by atoms with Crippen LogP contribution in [0.15, 0.2) is 12.3 Å². The first-order valence-corrected chi connectivity index (χ1v) is 4.98. The highest BCUT2D eigenvalue weighted by atomic mass is 16.3. The van der Waals surface area contributed by atoms with E-state index in [4.69, 9.17) is 5.11 Å². The second-order valence-electron chi connectivity index (χ2n) is 3.17. The molecule has 1 aromatic heterocycles. The molecule has 0 unspecified atom stereocenters. The number of aliphatic hydroxyl groups excluding tert-OH is 1. The number of amides is 1. The number of nitrogens with one attached hydrogen (secondary N) is 1. The lowest BCUT2D eigenvalue weighted by molar-refractivity contribution is 0.0944. The molecule has 0 radical (unpaired) electrons. The minimum atomic E-state index is -0.226. The summed E-state index contributed by atoms with van der Waals surface area (Å²) in [6, 6.07) is 1.73. The maximum atomic E-state index is 11.5. The van der Waals surface area contributed by atoms with Crippen molar-refractivity contribution in [2.45, 2.75) is 19.8 Å². The second-order valence-corrected chi connectivity index (χ2v) is 3.17. The fourth-order valence-corrected chi connectivity index (χ4v) is 1.18. The van der Waals surface area contributed by atoms with Crippen LogP contribution in [-0.2, 0) is 6.42 Å². The maximum absolute atomic E-state index is 11.5. The van der Waals surface area contributed by atoms with Gasteiger partial charge in [-0.15, -0.1) is 0 Å². The monoisotopic (exact) mass is 209 g/mol. The van der Waals surface area contributed by atoms with E-state index in [0.717, 1.165) is 18.5 Å². The largest absolute Gasteiger partial charge is 0.395 e. The lowest BCUT2D eigenvalue weighted by Crippen LogP contribution is -2.26. The average molecular weight is 209 g/mol. The van der Waals surface area contributed by atoms with Gasteiger partial charge in [-0.3, -0.25) is 4.79 Å². The normalized spacial score (nSPS) is 10.0. The molecule has 15 heavy (non-hydrogen) atoms. The van der Waals surface area contributed by atoms with E-state index in [1.165, 1.54) is 6.20 Å². The third kappa shape index (κ3) is 3.63. The van der Waals surface area contributed by atoms with Gasteiger partial charge in [-0.05, 0) is 12.5 Å². The van der Waals surface area contributed by atoms with Crippen LogP contribution in [0.3, 0.4) is 0 Å². The molecule has 1 amide bonds. The second kappa shape index (κ2) is 6.08. The highest BCUT2D eigenvalue weighted by Gasteiger charge is 2.06. The van der Waals surface area contributed by atoms with Crippen molar-refractivity contribution >= 4 is 5.91 Å². The molecule has 5 nitrogen and oxygen atoms in total. The molecule has 0 aliphatic heterocycles. The van der Waals surface area contributed by atoms with Gasteiger partial charge in [0.25, 0.3) is 5.91 Å². The Hall–Kier alpha value is -1.49. The fraction of sp³-hybridized carbons (Fsp3) is 0.500. The molecule has 82 valence electrons. The quantitative estimate of drug-likeness (QED) is 0.724. The van der Waals surface area contributed by atoms with Crippen molar-refractivity contribution in [3.05, 3.63) is 23.5 Å². The topological polar surface area (TPSA) is 75.1 Å². The standard InChI is InChI=1S/C10H15N3O2/c1-2-3-9-6-8(7-12-13-9)10(15)11-4-5-14/h6-7,14H,2-5H2,1H3,(H,11,15). The molecule has 1 heterocycles. The Bertz CT molecular complexity index is 328. The summed E-state index contributed by atoms with van der Waals surface area (Å²) in [6.07, 6.45) is 3.20. The van der Waals surface area contributed by atoms with E-state index < -0.39 is 0 Å². The van der Waals surface area contributed by atoms with E-state index in [2.05, 4.69) is 15.5 Å². The van der Waals surface area contributed by atoms with Crippen molar-refractivity contribution in [3.63, 3.8) is 0 Å². The van der Waals surface area contributed by atoms with Crippen molar-refractivity contribution in [2.24, 2.45) is 0 Å². The number of aromatic nitrogens is 2. The van der Waals surface area contributed by atoms with Gasteiger partial charge in [-0.2, -0.15) is 10.2 Å². The SMILES string of the molecule is CCCc1cc(C(=O)NCCO)cnn1. The lowest BCUT2D eigenvalue weighted by atomic mass is 10.2. The van der Waals surface area contributed by atoms with Gasteiger partial charge in [-0.25, -0.2) is 0 Å². The minimum absolute atomic E-state index is 0.0634. The highest BCUT2D eigenvalue weighted by Crippen LogP contribution is 2.02. The molecule has 0 fully saturated rings. The van der Waals surface area contributed by atoms with Crippen LogP contribution < -0.4 is 5.32 Å². The predicted octanol–water partition coefficient (Wildman–Crippen LogP) is 0.151. The Kier molecular flexibility index (Phi) is 4.70. The van der Waals surface area contributed by atoms with Crippen LogP contribution >= 0.6 is 0 Å². The molecule has 0 aromatic carbocycles. The summed E-state index contributed by atoms with van der Waals surface area (Å²) in [5.41, 5.74) is 1.30. The zero-order valence-electron chi connectivity index (χ0n) is 8.73. The third-order valence-corrected chi connectivity index (χ3v) is 1.87. The van der Waals surface area contributed by atoms with Gasteiger partial charge in [0, 0.05) is 6.54 Å². The van der Waals surface area contributed by atoms with Crippen molar-refractivity contribution in [2.75, 3.05) is 13.2 Å². The van der Waals surface area contributed by atoms with Gasteiger partial charge in [0.2, 0.25) is 0 Å². The zero-order valence-corrected chi connectivity index (χ0v) is 8.73. The van der Waals surface area contributed by atoms with Gasteiger partial charge in [-0.1, -0.05) is 13.3 Å². The summed E-state index contributed by atoms with van der Waals surface area (Å²) < 4.78 is 0. The highest BCUT2D eigenvalue weighted by molar-refractivity contribution is 5.93. The van der Waals surface area contributed by atoms with E-state index in [1.54, 1.807) is 6.07 Å². The van der Waals surface area contributed by atoms with Crippen LogP contribution in [0.5, 0.6) is 0 Å². The maximum Gasteiger partial charge on any atom is 0.253 e. The number of hydrogen-bond acceptors (Lipinski definition) is 4. The molecule has 0 aliphatic carbocycles. The average Bonchev–Trinajstić information content (AvgIpc) is 2.27. The zero-order chi connectivity index (χ0) is 11.1. The third-order valence-electron chi connectivity index (χ3n) is 1.87. The number of aliphatic hydroxyl groups is 1. The van der Waals surface area contributed by atoms with E-state index >= 15 is 0 Å². The number of rotatable bonds is 5. The lowest BCUT2D eigenvalue weighted by Gasteiger charge is -2.03. The number of carbonyl (C=O) groups is 1. The number of hydrogen-bond donors (Lipinski definition) is 2. The Labute approximate surface area is 88.5 Å². The first kappa shape index (κ1) is 11.6. The first-order valence-electron chi connectivity index (χ1n) is 4.98. The fourth-order valence-electron chi connectivity index (χ4n) is 1.18. The number of carbonyl (C=O) groups excluding carboxylic acids is 1. The van der Waals surface area contributed by atoms with Crippen LogP contribution in [0.1, 0.15) is 29.4 Å². The van der Waals surface area contributed by atoms with Crippen LogP contribution in [0.4, 0.5) is 0 Å². The van der Waals surface area contributed by atoms with Crippen molar-refractivity contribution in [1.82, 2.24) is 15.5 Å². The summed E-state index contributed by atoms with van der Waals surface area (Å²) in [4.78, 5) is 11.5. The summed E-state index contributed by atoms with van der Waals surface area (Å²) in [7, 11) is 0. The van der Waals surface area contributed by atoms with Gasteiger partial charge in [0.05, 0.1) is 24.1 Å². The molecule has 0 aliphatic rings. The summed E-state index contributed by atoms with van der Waals surface area (Å²) >= 11 is 0. The molecule has 0 spiro atoms. The molecule has 0 bridgehead atoms. The smallest absolute Gasteiger partial charge is 0.253 e. The van der Waals surface area contributed by atoms with Gasteiger partial charge in [0.15, 0.2) is 0 Å². The van der Waals surface area contributed by atoms with E-state index in [1.807, 2.05) is 6.92 Å². The molecular formula is C10H15N3O2. The van der Waals surface area contributed by atoms with Crippen LogP contribution in [0, 0.1) is 0 Å². The van der Waals surface area contributed by atoms with Crippen LogP contribution in [0.2, 0.25) is 0 Å². The Morgan fingerprint density at radius 1 is 1.60 bits per heavy atom. The first-order chi connectivity index (χ1) is 7.27. The Balaban J connectivity index is 2.67. The summed E-state index contributed by atoms with van der Waals surface area (Å²) in [5, 5.41) is 18.8. The number of nitrogens with zero attached hydrogens (tertiary/aromatic N) is 2. The van der Waals surface area contributed by atoms with Crippen molar-refractivity contribution < 1.29 is 9.90 Å². The summed E-state index contributed by atoms with van der Waals surface area (Å²) in [6.45, 7) is 2.23. The van der Waals surface area contributed by atoms with Crippen molar-refractivity contribution in [3.8, 4) is 0 Å². The molecule has 0 saturated heterocycles. The van der Waals surface area contributed by atoms with E-state index in [-0.39, 0.29) is 19.1 Å². The van der Waals surface area contributed by atoms with Crippen molar-refractivity contribution in [1.29, 1.82) is 0 Å². The number of aryl methyl sites for hydroxylation is 1.